The smallest absolute Gasteiger partial charge is 0.409 e. The van der Waals surface area contributed by atoms with E-state index in [0.29, 0.717) is 16.8 Å². The van der Waals surface area contributed by atoms with E-state index in [9.17, 15) is 9.90 Å². The summed E-state index contributed by atoms with van der Waals surface area (Å²) in [5, 5.41) is 20.1. The van der Waals surface area contributed by atoms with Crippen molar-refractivity contribution in [2.24, 2.45) is 0 Å². The Bertz CT molecular complexity index is 324. The maximum Gasteiger partial charge on any atom is 0.409 e. The van der Waals surface area contributed by atoms with Gasteiger partial charge in [0.05, 0.1) is 0 Å². The molecule has 13 heavy (non-hydrogen) atoms. The van der Waals surface area contributed by atoms with Crippen LogP contribution in [0.15, 0.2) is 12.1 Å². The lowest BCUT2D eigenvalue weighted by Gasteiger charge is -2.06. The summed E-state index contributed by atoms with van der Waals surface area (Å²) in [6, 6.07) is 3.16. The van der Waals surface area contributed by atoms with Gasteiger partial charge in [-0.3, -0.25) is 5.32 Å². The number of carbonyl (C=O) groups is 1. The zero-order chi connectivity index (χ0) is 10.0. The number of hydrogen-bond donors (Lipinski definition) is 3. The van der Waals surface area contributed by atoms with Crippen LogP contribution in [0.3, 0.4) is 0 Å². The van der Waals surface area contributed by atoms with E-state index in [1.807, 2.05) is 0 Å². The quantitative estimate of drug-likeness (QED) is 0.581. The number of rotatable bonds is 1. The molecule has 0 aromatic heterocycles. The largest absolute Gasteiger partial charge is 0.507 e. The fourth-order valence-electron chi connectivity index (χ4n) is 1.15. The number of carboxylic acid groups (broad SMARTS) is 1. The molecule has 3 N–H and O–H groups in total. The number of phenolic OH excluding ortho intramolecular Hbond substituents is 1. The summed E-state index contributed by atoms with van der Waals surface area (Å²) in [5.41, 5.74) is 1.79. The van der Waals surface area contributed by atoms with Crippen molar-refractivity contribution in [3.8, 4) is 5.75 Å². The van der Waals surface area contributed by atoms with E-state index in [1.54, 1.807) is 26.0 Å². The Morgan fingerprint density at radius 3 is 2.15 bits per heavy atom. The topological polar surface area (TPSA) is 69.6 Å². The fraction of sp³-hybridized carbons (Fsp3) is 0.222. The van der Waals surface area contributed by atoms with Crippen LogP contribution in [-0.4, -0.2) is 16.3 Å². The molecule has 0 aliphatic heterocycles. The monoisotopic (exact) mass is 181 g/mol. The number of amides is 1. The van der Waals surface area contributed by atoms with Crippen LogP contribution >= 0.6 is 0 Å². The predicted molar refractivity (Wildman–Crippen MR) is 49.2 cm³/mol. The molecule has 70 valence electrons. The SMILES string of the molecule is Cc1cc(NC(=O)O)cc(C)c1O. The van der Waals surface area contributed by atoms with Gasteiger partial charge in [0.25, 0.3) is 0 Å². The van der Waals surface area contributed by atoms with Gasteiger partial charge in [-0.2, -0.15) is 0 Å². The summed E-state index contributed by atoms with van der Waals surface area (Å²) in [4.78, 5) is 10.3. The van der Waals surface area contributed by atoms with E-state index in [2.05, 4.69) is 5.32 Å². The number of phenols is 1. The van der Waals surface area contributed by atoms with Crippen LogP contribution in [-0.2, 0) is 0 Å². The summed E-state index contributed by atoms with van der Waals surface area (Å²) in [7, 11) is 0. The number of benzene rings is 1. The first-order valence-electron chi connectivity index (χ1n) is 3.81. The maximum absolute atomic E-state index is 10.3. The second-order valence-electron chi connectivity index (χ2n) is 2.89. The van der Waals surface area contributed by atoms with Gasteiger partial charge >= 0.3 is 6.09 Å². The zero-order valence-electron chi connectivity index (χ0n) is 7.46. The van der Waals surface area contributed by atoms with Crippen molar-refractivity contribution in [2.45, 2.75) is 13.8 Å². The van der Waals surface area contributed by atoms with Crippen LogP contribution in [0.1, 0.15) is 11.1 Å². The van der Waals surface area contributed by atoms with Crippen molar-refractivity contribution >= 4 is 11.8 Å². The average Bonchev–Trinajstić information content (AvgIpc) is 1.98. The fourth-order valence-corrected chi connectivity index (χ4v) is 1.15. The standard InChI is InChI=1S/C9H11NO3/c1-5-3-7(10-9(12)13)4-6(2)8(5)11/h3-4,10-11H,1-2H3,(H,12,13). The summed E-state index contributed by atoms with van der Waals surface area (Å²) in [6.07, 6.45) is -1.11. The number of aromatic hydroxyl groups is 1. The van der Waals surface area contributed by atoms with Gasteiger partial charge in [0.1, 0.15) is 5.75 Å². The normalized spacial score (nSPS) is 9.69. The van der Waals surface area contributed by atoms with Crippen molar-refractivity contribution in [3.05, 3.63) is 23.3 Å². The summed E-state index contributed by atoms with van der Waals surface area (Å²) < 4.78 is 0. The molecule has 0 saturated heterocycles. The Hall–Kier alpha value is -1.71. The Labute approximate surface area is 75.8 Å². The minimum atomic E-state index is -1.11. The molecule has 0 saturated carbocycles. The highest BCUT2D eigenvalue weighted by molar-refractivity contribution is 5.83. The van der Waals surface area contributed by atoms with Crippen molar-refractivity contribution in [1.29, 1.82) is 0 Å². The minimum absolute atomic E-state index is 0.205. The van der Waals surface area contributed by atoms with Crippen molar-refractivity contribution < 1.29 is 15.0 Å². The maximum atomic E-state index is 10.3. The Kier molecular flexibility index (Phi) is 2.41. The van der Waals surface area contributed by atoms with Gasteiger partial charge in [0, 0.05) is 5.69 Å². The van der Waals surface area contributed by atoms with E-state index >= 15 is 0 Å². The van der Waals surface area contributed by atoms with Crippen LogP contribution in [0.4, 0.5) is 10.5 Å². The van der Waals surface area contributed by atoms with Crippen LogP contribution in [0.2, 0.25) is 0 Å². The first kappa shape index (κ1) is 9.38. The van der Waals surface area contributed by atoms with E-state index in [4.69, 9.17) is 5.11 Å². The Morgan fingerprint density at radius 1 is 1.31 bits per heavy atom. The molecule has 0 radical (unpaired) electrons. The van der Waals surface area contributed by atoms with Gasteiger partial charge < -0.3 is 10.2 Å². The first-order chi connectivity index (χ1) is 6.00. The zero-order valence-corrected chi connectivity index (χ0v) is 7.46. The van der Waals surface area contributed by atoms with Gasteiger partial charge in [-0.25, -0.2) is 4.79 Å². The average molecular weight is 181 g/mol. The number of nitrogens with one attached hydrogen (secondary N) is 1. The van der Waals surface area contributed by atoms with E-state index in [1.165, 1.54) is 0 Å². The van der Waals surface area contributed by atoms with E-state index in [0.717, 1.165) is 0 Å². The van der Waals surface area contributed by atoms with Crippen LogP contribution < -0.4 is 5.32 Å². The highest BCUT2D eigenvalue weighted by Gasteiger charge is 2.04. The van der Waals surface area contributed by atoms with Gasteiger partial charge in [0.15, 0.2) is 0 Å². The Balaban J connectivity index is 3.06. The third kappa shape index (κ3) is 2.11. The van der Waals surface area contributed by atoms with E-state index in [-0.39, 0.29) is 5.75 Å². The van der Waals surface area contributed by atoms with Crippen molar-refractivity contribution in [2.75, 3.05) is 5.32 Å². The number of hydrogen-bond acceptors (Lipinski definition) is 2. The van der Waals surface area contributed by atoms with Gasteiger partial charge in [-0.1, -0.05) is 0 Å². The third-order valence-electron chi connectivity index (χ3n) is 1.74. The molecule has 0 fully saturated rings. The van der Waals surface area contributed by atoms with Gasteiger partial charge in [-0.15, -0.1) is 0 Å². The molecule has 1 aromatic carbocycles. The predicted octanol–water partition coefficient (Wildman–Crippen LogP) is 2.10. The molecule has 1 rings (SSSR count). The van der Waals surface area contributed by atoms with Gasteiger partial charge in [0.2, 0.25) is 0 Å². The second-order valence-corrected chi connectivity index (χ2v) is 2.89. The molecule has 0 spiro atoms. The summed E-state index contributed by atoms with van der Waals surface area (Å²) in [5.74, 6) is 0.205. The van der Waals surface area contributed by atoms with Crippen LogP contribution in [0.25, 0.3) is 0 Å². The highest BCUT2D eigenvalue weighted by atomic mass is 16.4. The summed E-state index contributed by atoms with van der Waals surface area (Å²) >= 11 is 0. The lowest BCUT2D eigenvalue weighted by atomic mass is 10.1. The number of aryl methyl sites for hydroxylation is 2. The second kappa shape index (κ2) is 3.35. The molecular formula is C9H11NO3. The number of anilines is 1. The van der Waals surface area contributed by atoms with Gasteiger partial charge in [-0.05, 0) is 37.1 Å². The molecule has 4 nitrogen and oxygen atoms in total. The third-order valence-corrected chi connectivity index (χ3v) is 1.74. The van der Waals surface area contributed by atoms with E-state index < -0.39 is 6.09 Å². The molecule has 0 aliphatic carbocycles. The Morgan fingerprint density at radius 2 is 1.77 bits per heavy atom. The molecule has 0 unspecified atom stereocenters. The molecule has 0 aliphatic rings. The molecule has 1 amide bonds. The molecule has 1 aromatic rings. The molecule has 0 heterocycles. The van der Waals surface area contributed by atoms with Crippen LogP contribution in [0.5, 0.6) is 5.75 Å². The molecule has 4 heteroatoms. The molecule has 0 atom stereocenters. The van der Waals surface area contributed by atoms with Crippen molar-refractivity contribution in [1.82, 2.24) is 0 Å². The minimum Gasteiger partial charge on any atom is -0.507 e. The summed E-state index contributed by atoms with van der Waals surface area (Å²) in [6.45, 7) is 3.44. The lowest BCUT2D eigenvalue weighted by Crippen LogP contribution is -2.07. The van der Waals surface area contributed by atoms with Crippen LogP contribution in [0, 0.1) is 13.8 Å². The lowest BCUT2D eigenvalue weighted by molar-refractivity contribution is 0.209. The molecule has 0 bridgehead atoms. The molecular weight excluding hydrogens is 170 g/mol. The van der Waals surface area contributed by atoms with Crippen molar-refractivity contribution in [3.63, 3.8) is 0 Å². The first-order valence-corrected chi connectivity index (χ1v) is 3.81. The highest BCUT2D eigenvalue weighted by Crippen LogP contribution is 2.25.